The number of methoxy groups -OCH3 is 1. The Morgan fingerprint density at radius 3 is 3.05 bits per heavy atom. The van der Waals surface area contributed by atoms with E-state index in [0.29, 0.717) is 24.8 Å². The Balaban J connectivity index is 1.81. The van der Waals surface area contributed by atoms with Crippen molar-refractivity contribution in [3.63, 3.8) is 0 Å². The van der Waals surface area contributed by atoms with Crippen LogP contribution in [0, 0.1) is 5.92 Å². The Bertz CT molecular complexity index is 416. The maximum absolute atomic E-state index is 12.0. The lowest BCUT2D eigenvalue weighted by Crippen LogP contribution is -2.37. The van der Waals surface area contributed by atoms with Gasteiger partial charge in [0.1, 0.15) is 6.61 Å². The summed E-state index contributed by atoms with van der Waals surface area (Å²) in [7, 11) is 1.62. The molecule has 0 radical (unpaired) electrons. The first-order valence-electron chi connectivity index (χ1n) is 6.89. The van der Waals surface area contributed by atoms with Gasteiger partial charge in [0.05, 0.1) is 24.4 Å². The average molecular weight is 279 g/mol. The van der Waals surface area contributed by atoms with Crippen molar-refractivity contribution in [3.8, 4) is 5.88 Å². The average Bonchev–Trinajstić information content (AvgIpc) is 2.50. The van der Waals surface area contributed by atoms with Crippen LogP contribution in [0.3, 0.4) is 0 Å². The fraction of sp³-hybridized carbons (Fsp3) is 0.571. The molecule has 1 aliphatic heterocycles. The van der Waals surface area contributed by atoms with E-state index in [0.717, 1.165) is 25.9 Å². The molecular formula is C14H21N3O3. The second-order valence-electron chi connectivity index (χ2n) is 4.76. The van der Waals surface area contributed by atoms with Gasteiger partial charge in [0.15, 0.2) is 0 Å². The number of piperidine rings is 1. The quantitative estimate of drug-likeness (QED) is 0.761. The zero-order valence-corrected chi connectivity index (χ0v) is 11.7. The molecule has 0 bridgehead atoms. The van der Waals surface area contributed by atoms with Gasteiger partial charge in [0.2, 0.25) is 11.8 Å². The summed E-state index contributed by atoms with van der Waals surface area (Å²) in [6.45, 7) is 2.73. The Kier molecular flexibility index (Phi) is 5.76. The van der Waals surface area contributed by atoms with Crippen molar-refractivity contribution in [1.82, 2.24) is 10.3 Å². The van der Waals surface area contributed by atoms with Crippen LogP contribution in [-0.4, -0.2) is 44.3 Å². The second-order valence-corrected chi connectivity index (χ2v) is 4.76. The molecule has 1 amide bonds. The van der Waals surface area contributed by atoms with Crippen LogP contribution < -0.4 is 15.4 Å². The number of hydrogen-bond acceptors (Lipinski definition) is 5. The maximum atomic E-state index is 12.0. The van der Waals surface area contributed by atoms with E-state index in [9.17, 15) is 4.79 Å². The minimum Gasteiger partial charge on any atom is -0.475 e. The van der Waals surface area contributed by atoms with Crippen LogP contribution in [0.5, 0.6) is 5.88 Å². The first-order chi connectivity index (χ1) is 9.79. The molecular weight excluding hydrogens is 258 g/mol. The Morgan fingerprint density at radius 2 is 2.40 bits per heavy atom. The molecule has 0 spiro atoms. The highest BCUT2D eigenvalue weighted by molar-refractivity contribution is 5.92. The highest BCUT2D eigenvalue weighted by atomic mass is 16.5. The number of rotatable bonds is 6. The van der Waals surface area contributed by atoms with Gasteiger partial charge in [-0.1, -0.05) is 0 Å². The summed E-state index contributed by atoms with van der Waals surface area (Å²) < 4.78 is 10.3. The third-order valence-electron chi connectivity index (χ3n) is 3.21. The lowest BCUT2D eigenvalue weighted by molar-refractivity contribution is -0.120. The van der Waals surface area contributed by atoms with Gasteiger partial charge in [-0.25, -0.2) is 4.98 Å². The van der Waals surface area contributed by atoms with Gasteiger partial charge < -0.3 is 20.1 Å². The zero-order chi connectivity index (χ0) is 14.2. The molecule has 1 aromatic rings. The van der Waals surface area contributed by atoms with E-state index in [-0.39, 0.29) is 11.8 Å². The minimum absolute atomic E-state index is 0.0429. The maximum Gasteiger partial charge on any atom is 0.228 e. The molecule has 20 heavy (non-hydrogen) atoms. The number of nitrogens with one attached hydrogen (secondary N) is 2. The highest BCUT2D eigenvalue weighted by Crippen LogP contribution is 2.15. The van der Waals surface area contributed by atoms with Crippen LogP contribution in [0.1, 0.15) is 12.8 Å². The summed E-state index contributed by atoms with van der Waals surface area (Å²) in [5, 5.41) is 6.12. The number of hydrogen-bond donors (Lipinski definition) is 2. The van der Waals surface area contributed by atoms with Crippen LogP contribution in [0.2, 0.25) is 0 Å². The van der Waals surface area contributed by atoms with E-state index in [1.54, 1.807) is 25.4 Å². The molecule has 2 heterocycles. The molecule has 1 atom stereocenters. The molecule has 1 unspecified atom stereocenters. The van der Waals surface area contributed by atoms with Crippen LogP contribution in [0.15, 0.2) is 18.3 Å². The zero-order valence-electron chi connectivity index (χ0n) is 11.7. The smallest absolute Gasteiger partial charge is 0.228 e. The number of nitrogens with zero attached hydrogens (tertiary/aromatic N) is 1. The molecule has 1 aliphatic rings. The van der Waals surface area contributed by atoms with Crippen molar-refractivity contribution in [1.29, 1.82) is 0 Å². The predicted octanol–water partition coefficient (Wildman–Crippen LogP) is 1.04. The predicted molar refractivity (Wildman–Crippen MR) is 75.8 cm³/mol. The normalized spacial score (nSPS) is 18.6. The minimum atomic E-state index is 0.0429. The summed E-state index contributed by atoms with van der Waals surface area (Å²) >= 11 is 0. The highest BCUT2D eigenvalue weighted by Gasteiger charge is 2.20. The largest absolute Gasteiger partial charge is 0.475 e. The molecule has 0 aromatic carbocycles. The topological polar surface area (TPSA) is 72.5 Å². The fourth-order valence-electron chi connectivity index (χ4n) is 2.09. The number of aromatic nitrogens is 1. The van der Waals surface area contributed by atoms with Gasteiger partial charge in [-0.15, -0.1) is 0 Å². The molecule has 1 saturated heterocycles. The van der Waals surface area contributed by atoms with Crippen molar-refractivity contribution in [2.24, 2.45) is 5.92 Å². The molecule has 6 nitrogen and oxygen atoms in total. The van der Waals surface area contributed by atoms with E-state index in [4.69, 9.17) is 9.47 Å². The number of anilines is 1. The van der Waals surface area contributed by atoms with Crippen LogP contribution >= 0.6 is 0 Å². The van der Waals surface area contributed by atoms with E-state index < -0.39 is 0 Å². The summed E-state index contributed by atoms with van der Waals surface area (Å²) in [5.74, 6) is 0.618. The van der Waals surface area contributed by atoms with Gasteiger partial charge in [-0.2, -0.15) is 0 Å². The number of ether oxygens (including phenoxy) is 2. The summed E-state index contributed by atoms with van der Waals surface area (Å²) in [6.07, 6.45) is 3.59. The first kappa shape index (κ1) is 14.7. The molecule has 0 aliphatic carbocycles. The lowest BCUT2D eigenvalue weighted by atomic mass is 9.99. The molecule has 6 heteroatoms. The Morgan fingerprint density at radius 1 is 1.50 bits per heavy atom. The van der Waals surface area contributed by atoms with E-state index in [1.165, 1.54) is 0 Å². The first-order valence-corrected chi connectivity index (χ1v) is 6.89. The van der Waals surface area contributed by atoms with Gasteiger partial charge in [-0.3, -0.25) is 4.79 Å². The molecule has 1 aromatic heterocycles. The summed E-state index contributed by atoms with van der Waals surface area (Å²) in [6, 6.07) is 3.54. The van der Waals surface area contributed by atoms with E-state index in [2.05, 4.69) is 15.6 Å². The molecule has 110 valence electrons. The SMILES string of the molecule is COCCOc1ccc(NC(=O)C2CCCNC2)cn1. The third-order valence-corrected chi connectivity index (χ3v) is 3.21. The van der Waals surface area contributed by atoms with Crippen LogP contribution in [0.4, 0.5) is 5.69 Å². The van der Waals surface area contributed by atoms with Crippen molar-refractivity contribution in [3.05, 3.63) is 18.3 Å². The standard InChI is InChI=1S/C14H21N3O3/c1-19-7-8-20-13-5-4-12(10-16-13)17-14(18)11-3-2-6-15-9-11/h4-5,10-11,15H,2-3,6-9H2,1H3,(H,17,18). The van der Waals surface area contributed by atoms with Crippen molar-refractivity contribution >= 4 is 11.6 Å². The summed E-state index contributed by atoms with van der Waals surface area (Å²) in [4.78, 5) is 16.2. The number of amides is 1. The molecule has 0 saturated carbocycles. The second kappa shape index (κ2) is 7.81. The third kappa shape index (κ3) is 4.47. The van der Waals surface area contributed by atoms with Gasteiger partial charge in [0.25, 0.3) is 0 Å². The number of pyridine rings is 1. The van der Waals surface area contributed by atoms with Crippen LogP contribution in [0.25, 0.3) is 0 Å². The van der Waals surface area contributed by atoms with E-state index in [1.807, 2.05) is 0 Å². The van der Waals surface area contributed by atoms with Crippen molar-refractivity contribution in [2.75, 3.05) is 38.7 Å². The number of carbonyl (C=O) groups excluding carboxylic acids is 1. The van der Waals surface area contributed by atoms with Gasteiger partial charge >= 0.3 is 0 Å². The van der Waals surface area contributed by atoms with Gasteiger partial charge in [0, 0.05) is 19.7 Å². The Hall–Kier alpha value is -1.66. The Labute approximate surface area is 118 Å². The van der Waals surface area contributed by atoms with Crippen molar-refractivity contribution in [2.45, 2.75) is 12.8 Å². The van der Waals surface area contributed by atoms with E-state index >= 15 is 0 Å². The molecule has 2 N–H and O–H groups in total. The molecule has 2 rings (SSSR count). The number of carbonyl (C=O) groups is 1. The fourth-order valence-corrected chi connectivity index (χ4v) is 2.09. The van der Waals surface area contributed by atoms with Gasteiger partial charge in [-0.05, 0) is 25.5 Å². The van der Waals surface area contributed by atoms with Crippen LogP contribution in [-0.2, 0) is 9.53 Å². The lowest BCUT2D eigenvalue weighted by Gasteiger charge is -2.21. The van der Waals surface area contributed by atoms with Crippen molar-refractivity contribution < 1.29 is 14.3 Å². The molecule has 1 fully saturated rings. The monoisotopic (exact) mass is 279 g/mol. The summed E-state index contributed by atoms with van der Waals surface area (Å²) in [5.41, 5.74) is 0.694.